The van der Waals surface area contributed by atoms with Crippen molar-refractivity contribution in [2.24, 2.45) is 0 Å². The molecule has 1 atom stereocenters. The van der Waals surface area contributed by atoms with Gasteiger partial charge in [-0.15, -0.1) is 0 Å². The number of ether oxygens (including phenoxy) is 3. The SMILES string of the molecule is COc1ccc(C(O)=C2C(=O)C(=O)N(CCC(=O)O)C2c2ccc(OC)cc2OC)cc1. The fourth-order valence-corrected chi connectivity index (χ4v) is 3.60. The summed E-state index contributed by atoms with van der Waals surface area (Å²) >= 11 is 0. The van der Waals surface area contributed by atoms with Crippen molar-refractivity contribution in [2.75, 3.05) is 27.9 Å². The molecule has 0 saturated carbocycles. The zero-order valence-electron chi connectivity index (χ0n) is 17.8. The summed E-state index contributed by atoms with van der Waals surface area (Å²) in [5.41, 5.74) is 0.557. The van der Waals surface area contributed by atoms with Crippen LogP contribution >= 0.6 is 0 Å². The molecule has 168 valence electrons. The lowest BCUT2D eigenvalue weighted by atomic mass is 9.94. The minimum absolute atomic E-state index is 0.158. The van der Waals surface area contributed by atoms with E-state index in [9.17, 15) is 19.5 Å². The van der Waals surface area contributed by atoms with Crippen molar-refractivity contribution in [2.45, 2.75) is 12.5 Å². The molecule has 0 spiro atoms. The van der Waals surface area contributed by atoms with Crippen molar-refractivity contribution in [3.8, 4) is 17.2 Å². The summed E-state index contributed by atoms with van der Waals surface area (Å²) in [5.74, 6) is -1.96. The zero-order valence-corrected chi connectivity index (χ0v) is 17.8. The number of hydrogen-bond donors (Lipinski definition) is 2. The normalized spacial score (nSPS) is 17.3. The Morgan fingerprint density at radius 1 is 0.938 bits per heavy atom. The molecule has 2 N–H and O–H groups in total. The first-order valence-corrected chi connectivity index (χ1v) is 9.69. The predicted molar refractivity (Wildman–Crippen MR) is 114 cm³/mol. The van der Waals surface area contributed by atoms with Gasteiger partial charge in [-0.2, -0.15) is 0 Å². The molecule has 1 fully saturated rings. The number of aliphatic carboxylic acids is 1. The van der Waals surface area contributed by atoms with Crippen LogP contribution in [0.1, 0.15) is 23.6 Å². The second-order valence-electron chi connectivity index (χ2n) is 6.97. The minimum atomic E-state index is -1.12. The van der Waals surface area contributed by atoms with Gasteiger partial charge in [0.05, 0.1) is 39.4 Å². The second kappa shape index (κ2) is 9.42. The summed E-state index contributed by atoms with van der Waals surface area (Å²) in [6.07, 6.45) is -0.370. The van der Waals surface area contributed by atoms with E-state index in [0.717, 1.165) is 4.90 Å². The van der Waals surface area contributed by atoms with E-state index in [1.807, 2.05) is 0 Å². The molecule has 1 aliphatic heterocycles. The summed E-state index contributed by atoms with van der Waals surface area (Å²) < 4.78 is 15.8. The van der Waals surface area contributed by atoms with Crippen LogP contribution in [0, 0.1) is 0 Å². The number of amides is 1. The van der Waals surface area contributed by atoms with Crippen LogP contribution in [-0.2, 0) is 14.4 Å². The van der Waals surface area contributed by atoms with Crippen LogP contribution in [0.4, 0.5) is 0 Å². The summed E-state index contributed by atoms with van der Waals surface area (Å²) in [6.45, 7) is -0.223. The molecule has 1 amide bonds. The molecule has 32 heavy (non-hydrogen) atoms. The van der Waals surface area contributed by atoms with Crippen molar-refractivity contribution in [3.05, 3.63) is 59.2 Å². The largest absolute Gasteiger partial charge is 0.507 e. The smallest absolute Gasteiger partial charge is 0.305 e. The van der Waals surface area contributed by atoms with Gasteiger partial charge in [-0.1, -0.05) is 0 Å². The Labute approximate surface area is 184 Å². The molecule has 3 rings (SSSR count). The molecule has 1 saturated heterocycles. The first-order chi connectivity index (χ1) is 15.3. The summed E-state index contributed by atoms with van der Waals surface area (Å²) in [4.78, 5) is 38.1. The molecule has 0 bridgehead atoms. The molecule has 2 aromatic carbocycles. The highest BCUT2D eigenvalue weighted by Crippen LogP contribution is 2.43. The van der Waals surface area contributed by atoms with Gasteiger partial charge < -0.3 is 29.3 Å². The predicted octanol–water partition coefficient (Wildman–Crippen LogP) is 2.61. The molecular weight excluding hydrogens is 418 g/mol. The Bertz CT molecular complexity index is 1070. The summed E-state index contributed by atoms with van der Waals surface area (Å²) in [5, 5.41) is 20.1. The van der Waals surface area contributed by atoms with E-state index >= 15 is 0 Å². The number of ketones is 1. The van der Waals surface area contributed by atoms with E-state index in [1.165, 1.54) is 21.3 Å². The average molecular weight is 441 g/mol. The van der Waals surface area contributed by atoms with E-state index in [4.69, 9.17) is 19.3 Å². The number of carbonyl (C=O) groups is 3. The lowest BCUT2D eigenvalue weighted by molar-refractivity contribution is -0.142. The number of likely N-dealkylation sites (tertiary alicyclic amines) is 1. The fraction of sp³-hybridized carbons (Fsp3) is 0.261. The summed E-state index contributed by atoms with van der Waals surface area (Å²) in [7, 11) is 4.40. The number of nitrogens with zero attached hydrogens (tertiary/aromatic N) is 1. The Balaban J connectivity index is 2.20. The Morgan fingerprint density at radius 2 is 1.56 bits per heavy atom. The van der Waals surface area contributed by atoms with Crippen LogP contribution in [0.3, 0.4) is 0 Å². The van der Waals surface area contributed by atoms with Gasteiger partial charge in [0, 0.05) is 23.7 Å². The highest BCUT2D eigenvalue weighted by atomic mass is 16.5. The topological polar surface area (TPSA) is 123 Å². The molecule has 0 radical (unpaired) electrons. The number of carboxylic acids is 1. The lowest BCUT2D eigenvalue weighted by Crippen LogP contribution is -2.32. The number of methoxy groups -OCH3 is 3. The standard InChI is InChI=1S/C23H23NO8/c1-30-14-6-4-13(5-7-14)21(27)19-20(16-9-8-15(31-2)12-17(16)32-3)24(11-10-18(25)26)23(29)22(19)28/h4-9,12,20,27H,10-11H2,1-3H3,(H,25,26). The molecule has 2 aromatic rings. The van der Waals surface area contributed by atoms with Gasteiger partial charge in [-0.3, -0.25) is 14.4 Å². The van der Waals surface area contributed by atoms with Crippen molar-refractivity contribution in [3.63, 3.8) is 0 Å². The van der Waals surface area contributed by atoms with E-state index in [-0.39, 0.29) is 24.3 Å². The highest BCUT2D eigenvalue weighted by molar-refractivity contribution is 6.46. The van der Waals surface area contributed by atoms with E-state index in [2.05, 4.69) is 0 Å². The van der Waals surface area contributed by atoms with Crippen LogP contribution in [0.2, 0.25) is 0 Å². The number of hydrogen-bond acceptors (Lipinski definition) is 7. The summed E-state index contributed by atoms with van der Waals surface area (Å²) in [6, 6.07) is 10.1. The highest BCUT2D eigenvalue weighted by Gasteiger charge is 2.47. The number of benzene rings is 2. The lowest BCUT2D eigenvalue weighted by Gasteiger charge is -2.26. The molecule has 1 unspecified atom stereocenters. The minimum Gasteiger partial charge on any atom is -0.507 e. The maximum atomic E-state index is 13.0. The van der Waals surface area contributed by atoms with Gasteiger partial charge in [0.1, 0.15) is 23.0 Å². The Hall–Kier alpha value is -4.01. The third kappa shape index (κ3) is 4.22. The second-order valence-corrected chi connectivity index (χ2v) is 6.97. The third-order valence-electron chi connectivity index (χ3n) is 5.21. The molecule has 1 heterocycles. The molecule has 0 aliphatic carbocycles. The molecule has 1 aliphatic rings. The van der Waals surface area contributed by atoms with Gasteiger partial charge >= 0.3 is 5.97 Å². The van der Waals surface area contributed by atoms with Crippen molar-refractivity contribution >= 4 is 23.4 Å². The Kier molecular flexibility index (Phi) is 6.67. The van der Waals surface area contributed by atoms with E-state index in [0.29, 0.717) is 28.4 Å². The number of carbonyl (C=O) groups excluding carboxylic acids is 2. The number of rotatable bonds is 8. The van der Waals surface area contributed by atoms with Crippen LogP contribution in [0.5, 0.6) is 17.2 Å². The van der Waals surface area contributed by atoms with Gasteiger partial charge in [0.2, 0.25) is 0 Å². The maximum Gasteiger partial charge on any atom is 0.305 e. The van der Waals surface area contributed by atoms with Gasteiger partial charge in [0.15, 0.2) is 0 Å². The fourth-order valence-electron chi connectivity index (χ4n) is 3.60. The van der Waals surface area contributed by atoms with Crippen LogP contribution in [-0.4, -0.2) is 60.6 Å². The number of aliphatic hydroxyl groups is 1. The monoisotopic (exact) mass is 441 g/mol. The van der Waals surface area contributed by atoms with Crippen LogP contribution < -0.4 is 14.2 Å². The van der Waals surface area contributed by atoms with E-state index < -0.39 is 23.7 Å². The molecule has 0 aromatic heterocycles. The maximum absolute atomic E-state index is 13.0. The van der Waals surface area contributed by atoms with E-state index in [1.54, 1.807) is 42.5 Å². The number of aliphatic hydroxyl groups excluding tert-OH is 1. The van der Waals surface area contributed by atoms with Crippen LogP contribution in [0.25, 0.3) is 5.76 Å². The molecule has 9 nitrogen and oxygen atoms in total. The molecule has 9 heteroatoms. The van der Waals surface area contributed by atoms with Gasteiger partial charge in [0.25, 0.3) is 11.7 Å². The molecular formula is C23H23NO8. The quantitative estimate of drug-likeness (QED) is 0.364. The average Bonchev–Trinajstić information content (AvgIpc) is 3.06. The van der Waals surface area contributed by atoms with Crippen molar-refractivity contribution in [1.29, 1.82) is 0 Å². The van der Waals surface area contributed by atoms with Crippen LogP contribution in [0.15, 0.2) is 48.0 Å². The van der Waals surface area contributed by atoms with Gasteiger partial charge in [-0.25, -0.2) is 0 Å². The first kappa shape index (κ1) is 22.7. The first-order valence-electron chi connectivity index (χ1n) is 9.69. The number of Topliss-reactive ketones (excluding diaryl/α,β-unsaturated/α-hetero) is 1. The van der Waals surface area contributed by atoms with Crippen molar-refractivity contribution in [1.82, 2.24) is 4.90 Å². The number of carboxylic acid groups (broad SMARTS) is 1. The zero-order chi connectivity index (χ0) is 23.4. The third-order valence-corrected chi connectivity index (χ3v) is 5.21. The Morgan fingerprint density at radius 3 is 2.12 bits per heavy atom. The van der Waals surface area contributed by atoms with Crippen molar-refractivity contribution < 1.29 is 38.8 Å². The van der Waals surface area contributed by atoms with Gasteiger partial charge in [-0.05, 0) is 36.4 Å².